The van der Waals surface area contributed by atoms with Crippen LogP contribution in [-0.4, -0.2) is 48.7 Å². The fraction of sp³-hybridized carbons (Fsp3) is 0.960. The Hall–Kier alpha value is -0.610. The molecule has 1 fully saturated rings. The largest absolute Gasteiger partial charge is 0.870 e. The molecule has 1 rings (SSSR count). The van der Waals surface area contributed by atoms with Crippen LogP contribution in [0.4, 0.5) is 0 Å². The average molecular weight is 414 g/mol. The Labute approximate surface area is 181 Å². The summed E-state index contributed by atoms with van der Waals surface area (Å²) in [6.07, 6.45) is 22.1. The van der Waals surface area contributed by atoms with Gasteiger partial charge in [-0.2, -0.15) is 0 Å². The molecular formula is C25H51NO3. The van der Waals surface area contributed by atoms with Gasteiger partial charge in [-0.25, -0.2) is 4.79 Å². The predicted octanol–water partition coefficient (Wildman–Crippen LogP) is 6.85. The first-order valence-electron chi connectivity index (χ1n) is 12.7. The molecule has 4 heteroatoms. The summed E-state index contributed by atoms with van der Waals surface area (Å²) in [5.41, 5.74) is 0. The van der Waals surface area contributed by atoms with Crippen LogP contribution in [0, 0.1) is 0 Å². The molecule has 0 aromatic heterocycles. The van der Waals surface area contributed by atoms with Gasteiger partial charge in [-0.15, -0.1) is 0 Å². The molecule has 4 nitrogen and oxygen atoms in total. The van der Waals surface area contributed by atoms with Crippen molar-refractivity contribution in [3.63, 3.8) is 0 Å². The van der Waals surface area contributed by atoms with Gasteiger partial charge in [-0.1, -0.05) is 78.1 Å². The van der Waals surface area contributed by atoms with E-state index < -0.39 is 0 Å². The summed E-state index contributed by atoms with van der Waals surface area (Å²) in [7, 11) is 0. The van der Waals surface area contributed by atoms with Gasteiger partial charge < -0.3 is 14.7 Å². The summed E-state index contributed by atoms with van der Waals surface area (Å²) in [5.74, 6) is 0.0541. The van der Waals surface area contributed by atoms with Gasteiger partial charge in [0.2, 0.25) is 0 Å². The number of likely N-dealkylation sites (tertiary alicyclic amines) is 1. The summed E-state index contributed by atoms with van der Waals surface area (Å²) in [6.45, 7) is 9.32. The quantitative estimate of drug-likeness (QED) is 0.149. The van der Waals surface area contributed by atoms with Crippen molar-refractivity contribution in [2.45, 2.75) is 123 Å². The molecule has 1 heterocycles. The van der Waals surface area contributed by atoms with Gasteiger partial charge in [-0.05, 0) is 44.9 Å². The van der Waals surface area contributed by atoms with Gasteiger partial charge in [0.1, 0.15) is 0 Å². The van der Waals surface area contributed by atoms with Gasteiger partial charge in [0, 0.05) is 0 Å². The number of rotatable bonds is 17. The lowest BCUT2D eigenvalue weighted by molar-refractivity contribution is -0.921. The lowest BCUT2D eigenvalue weighted by Crippen LogP contribution is -2.52. The van der Waals surface area contributed by atoms with Crippen LogP contribution in [0.2, 0.25) is 0 Å². The van der Waals surface area contributed by atoms with E-state index in [-0.39, 0.29) is 11.4 Å². The number of carbonyl (C=O) groups is 1. The molecule has 0 aromatic rings. The smallest absolute Gasteiger partial charge is 0.361 e. The summed E-state index contributed by atoms with van der Waals surface area (Å²) >= 11 is 0. The highest BCUT2D eigenvalue weighted by molar-refractivity contribution is 5.70. The van der Waals surface area contributed by atoms with Crippen molar-refractivity contribution in [3.05, 3.63) is 0 Å². The van der Waals surface area contributed by atoms with Gasteiger partial charge in [0.25, 0.3) is 0 Å². The molecule has 1 N–H and O–H groups in total. The van der Waals surface area contributed by atoms with E-state index in [9.17, 15) is 4.79 Å². The number of esters is 1. The molecule has 0 radical (unpaired) electrons. The molecule has 0 amide bonds. The van der Waals surface area contributed by atoms with Crippen LogP contribution in [0.15, 0.2) is 0 Å². The molecule has 174 valence electrons. The van der Waals surface area contributed by atoms with Crippen LogP contribution < -0.4 is 0 Å². The second-order valence-electron chi connectivity index (χ2n) is 9.19. The third-order valence-electron chi connectivity index (χ3n) is 6.48. The lowest BCUT2D eigenvalue weighted by atomic mass is 10.1. The maximum absolute atomic E-state index is 12.5. The summed E-state index contributed by atoms with van der Waals surface area (Å²) in [5, 5.41) is 0. The second kappa shape index (κ2) is 19.4. The SMILES string of the molecule is CCCCCCCCCCOC(=O)C[N+]1(CCCCCCC)CCCCCC1.[OH-]. The summed E-state index contributed by atoms with van der Waals surface area (Å²) in [4.78, 5) is 12.5. The van der Waals surface area contributed by atoms with Crippen molar-refractivity contribution in [2.24, 2.45) is 0 Å². The van der Waals surface area contributed by atoms with Crippen LogP contribution in [0.25, 0.3) is 0 Å². The third-order valence-corrected chi connectivity index (χ3v) is 6.48. The maximum Gasteiger partial charge on any atom is 0.361 e. The summed E-state index contributed by atoms with van der Waals surface area (Å²) in [6, 6.07) is 0. The van der Waals surface area contributed by atoms with Gasteiger partial charge in [0.05, 0.1) is 26.2 Å². The Morgan fingerprint density at radius 1 is 0.690 bits per heavy atom. The first-order valence-corrected chi connectivity index (χ1v) is 12.7. The molecule has 0 aliphatic carbocycles. The highest BCUT2D eigenvalue weighted by Crippen LogP contribution is 2.21. The zero-order chi connectivity index (χ0) is 20.3. The van der Waals surface area contributed by atoms with Crippen molar-refractivity contribution in [2.75, 3.05) is 32.8 Å². The molecule has 0 saturated carbocycles. The van der Waals surface area contributed by atoms with Crippen LogP contribution in [0.3, 0.4) is 0 Å². The molecule has 0 spiro atoms. The number of quaternary nitrogens is 1. The Morgan fingerprint density at radius 3 is 1.72 bits per heavy atom. The molecule has 1 aliphatic heterocycles. The number of ether oxygens (including phenoxy) is 1. The minimum atomic E-state index is 0. The van der Waals surface area contributed by atoms with Crippen molar-refractivity contribution >= 4 is 5.97 Å². The van der Waals surface area contributed by atoms with Gasteiger partial charge in [0.15, 0.2) is 6.54 Å². The van der Waals surface area contributed by atoms with E-state index in [4.69, 9.17) is 4.74 Å². The molecule has 0 unspecified atom stereocenters. The minimum Gasteiger partial charge on any atom is -0.870 e. The molecule has 0 atom stereocenters. The fourth-order valence-electron chi connectivity index (χ4n) is 4.61. The van der Waals surface area contributed by atoms with Gasteiger partial charge >= 0.3 is 5.97 Å². The minimum absolute atomic E-state index is 0. The Kier molecular flexibility index (Phi) is 19.0. The number of carbonyl (C=O) groups excluding carboxylic acids is 1. The number of nitrogens with zero attached hydrogens (tertiary/aromatic N) is 1. The standard InChI is InChI=1S/C25H50NO2.H2O/c1-3-5-7-9-10-11-15-19-23-28-25(27)24-26(20-16-12-8-6-4-2)21-17-13-14-18-22-26;/h3-24H2,1-2H3;1H2/q+1;/p-1. The van der Waals surface area contributed by atoms with Crippen LogP contribution >= 0.6 is 0 Å². The van der Waals surface area contributed by atoms with Crippen molar-refractivity contribution in [1.29, 1.82) is 0 Å². The van der Waals surface area contributed by atoms with Crippen LogP contribution in [0.1, 0.15) is 123 Å². The highest BCUT2D eigenvalue weighted by Gasteiger charge is 2.31. The molecule has 0 aromatic carbocycles. The van der Waals surface area contributed by atoms with E-state index in [1.54, 1.807) is 0 Å². The van der Waals surface area contributed by atoms with E-state index in [0.717, 1.165) is 10.9 Å². The van der Waals surface area contributed by atoms with Crippen LogP contribution in [0.5, 0.6) is 0 Å². The molecule has 0 bridgehead atoms. The van der Waals surface area contributed by atoms with Crippen LogP contribution in [-0.2, 0) is 9.53 Å². The average Bonchev–Trinajstić information content (AvgIpc) is 2.92. The van der Waals surface area contributed by atoms with E-state index >= 15 is 0 Å². The van der Waals surface area contributed by atoms with E-state index in [1.807, 2.05) is 0 Å². The third kappa shape index (κ3) is 14.9. The molecule has 1 saturated heterocycles. The first kappa shape index (κ1) is 28.4. The second-order valence-corrected chi connectivity index (χ2v) is 9.19. The molecular weight excluding hydrogens is 362 g/mol. The van der Waals surface area contributed by atoms with E-state index in [0.29, 0.717) is 13.2 Å². The Bertz CT molecular complexity index is 365. The van der Waals surface area contributed by atoms with E-state index in [1.165, 1.54) is 122 Å². The zero-order valence-corrected chi connectivity index (χ0v) is 19.8. The van der Waals surface area contributed by atoms with Crippen molar-refractivity contribution in [3.8, 4) is 0 Å². The molecule has 29 heavy (non-hydrogen) atoms. The summed E-state index contributed by atoms with van der Waals surface area (Å²) < 4.78 is 6.65. The first-order chi connectivity index (χ1) is 13.7. The van der Waals surface area contributed by atoms with Crippen molar-refractivity contribution < 1.29 is 19.5 Å². The lowest BCUT2D eigenvalue weighted by Gasteiger charge is -2.37. The predicted molar refractivity (Wildman–Crippen MR) is 122 cm³/mol. The number of hydrogen-bond donors (Lipinski definition) is 0. The molecule has 1 aliphatic rings. The topological polar surface area (TPSA) is 56.3 Å². The zero-order valence-electron chi connectivity index (χ0n) is 19.8. The van der Waals surface area contributed by atoms with Gasteiger partial charge in [-0.3, -0.25) is 0 Å². The number of hydrogen-bond acceptors (Lipinski definition) is 3. The van der Waals surface area contributed by atoms with E-state index in [2.05, 4.69) is 13.8 Å². The number of unbranched alkanes of at least 4 members (excludes halogenated alkanes) is 11. The fourth-order valence-corrected chi connectivity index (χ4v) is 4.61. The Morgan fingerprint density at radius 2 is 1.17 bits per heavy atom. The monoisotopic (exact) mass is 413 g/mol. The highest BCUT2D eigenvalue weighted by atomic mass is 16.5. The normalized spacial score (nSPS) is 16.1. The Balaban J connectivity index is 0.00000784. The maximum atomic E-state index is 12.5. The van der Waals surface area contributed by atoms with Crippen molar-refractivity contribution in [1.82, 2.24) is 0 Å².